The molecule has 0 saturated heterocycles. The molecule has 0 bridgehead atoms. The molecule has 5 aromatic rings. The zero-order valence-corrected chi connectivity index (χ0v) is 22.4. The average molecular weight is 599 g/mol. The fraction of sp³-hybridized carbons (Fsp3) is 0.192. The monoisotopic (exact) mass is 598 g/mol. The lowest BCUT2D eigenvalue weighted by Crippen LogP contribution is -2.28. The van der Waals surface area contributed by atoms with Gasteiger partial charge in [0.15, 0.2) is 0 Å². The second-order valence-corrected chi connectivity index (χ2v) is 11.0. The maximum atomic E-state index is 15.4. The first-order valence-corrected chi connectivity index (χ1v) is 13.8. The smallest absolute Gasteiger partial charge is 0.490 e. The van der Waals surface area contributed by atoms with Gasteiger partial charge in [-0.05, 0) is 29.6 Å². The van der Waals surface area contributed by atoms with E-state index in [1.54, 1.807) is 23.6 Å². The number of ether oxygens (including phenoxy) is 2. The molecule has 0 atom stereocenters. The van der Waals surface area contributed by atoms with E-state index in [0.717, 1.165) is 28.3 Å². The minimum atomic E-state index is -6.24. The van der Waals surface area contributed by atoms with Crippen molar-refractivity contribution in [1.29, 1.82) is 0 Å². The fourth-order valence-corrected chi connectivity index (χ4v) is 5.57. The Bertz CT molecular complexity index is 1850. The molecule has 0 N–H and O–H groups in total. The van der Waals surface area contributed by atoms with Crippen LogP contribution in [-0.2, 0) is 21.9 Å². The van der Waals surface area contributed by atoms with Crippen LogP contribution in [0.1, 0.15) is 0 Å². The third-order valence-electron chi connectivity index (χ3n) is 6.02. The highest BCUT2D eigenvalue weighted by Crippen LogP contribution is 2.47. The number of halogens is 5. The van der Waals surface area contributed by atoms with E-state index in [1.807, 2.05) is 23.9 Å². The summed E-state index contributed by atoms with van der Waals surface area (Å²) in [4.78, 5) is 4.19. The molecular weight excluding hydrogens is 579 g/mol. The molecule has 7 nitrogen and oxygen atoms in total. The van der Waals surface area contributed by atoms with Gasteiger partial charge in [0.1, 0.15) is 24.0 Å². The lowest BCUT2D eigenvalue weighted by molar-refractivity contribution is -0.0501. The molecule has 0 unspecified atom stereocenters. The molecule has 14 heteroatoms. The average Bonchev–Trinajstić information content (AvgIpc) is 3.50. The van der Waals surface area contributed by atoms with E-state index in [4.69, 9.17) is 9.47 Å². The highest BCUT2D eigenvalue weighted by molar-refractivity contribution is 7.88. The first-order chi connectivity index (χ1) is 18.9. The zero-order valence-electron chi connectivity index (χ0n) is 20.8. The van der Waals surface area contributed by atoms with Crippen LogP contribution in [0.3, 0.4) is 0 Å². The number of nitrogens with zero attached hydrogens (tertiary/aromatic N) is 2. The van der Waals surface area contributed by atoms with Crippen molar-refractivity contribution in [3.05, 3.63) is 65.7 Å². The molecule has 3 aromatic heterocycles. The molecule has 0 saturated carbocycles. The summed E-state index contributed by atoms with van der Waals surface area (Å²) in [6.45, 7) is -0.144. The van der Waals surface area contributed by atoms with Gasteiger partial charge in [0, 0.05) is 54.3 Å². The highest BCUT2D eigenvalue weighted by atomic mass is 32.2. The molecule has 0 aliphatic carbocycles. The summed E-state index contributed by atoms with van der Waals surface area (Å²) >= 11 is 1.14. The Kier molecular flexibility index (Phi) is 7.18. The largest absolute Gasteiger partial charge is 0.534 e. The summed E-state index contributed by atoms with van der Waals surface area (Å²) in [6, 6.07) is 9.77. The second kappa shape index (κ2) is 10.3. The molecule has 210 valence electrons. The number of aromatic nitrogens is 2. The number of pyridine rings is 1. The lowest BCUT2D eigenvalue weighted by Gasteiger charge is -2.18. The summed E-state index contributed by atoms with van der Waals surface area (Å²) in [6.07, 6.45) is 1.82. The van der Waals surface area contributed by atoms with Gasteiger partial charge in [0.25, 0.3) is 0 Å². The quantitative estimate of drug-likeness (QED) is 0.0861. The molecule has 5 rings (SSSR count). The van der Waals surface area contributed by atoms with Gasteiger partial charge in [-0.1, -0.05) is 6.07 Å². The minimum Gasteiger partial charge on any atom is -0.490 e. The van der Waals surface area contributed by atoms with E-state index in [0.29, 0.717) is 16.3 Å². The Hall–Kier alpha value is -3.75. The lowest BCUT2D eigenvalue weighted by atomic mass is 9.99. The Morgan fingerprint density at radius 3 is 2.52 bits per heavy atom. The second-order valence-electron chi connectivity index (χ2n) is 8.59. The van der Waals surface area contributed by atoms with Crippen LogP contribution in [0.4, 0.5) is 22.0 Å². The Labute approximate surface area is 228 Å². The molecule has 0 radical (unpaired) electrons. The molecule has 0 fully saturated rings. The van der Waals surface area contributed by atoms with Gasteiger partial charge in [0.2, 0.25) is 5.88 Å². The Morgan fingerprint density at radius 2 is 1.80 bits per heavy atom. The van der Waals surface area contributed by atoms with Gasteiger partial charge in [-0.25, -0.2) is 13.8 Å². The topological polar surface area (TPSA) is 79.7 Å². The van der Waals surface area contributed by atoms with Gasteiger partial charge >= 0.3 is 15.6 Å². The van der Waals surface area contributed by atoms with Crippen LogP contribution in [0.5, 0.6) is 11.6 Å². The standard InChI is InChI=1S/C26H19F5N2O5S2/c1-33-7-5-14-11-15(3-4-19(14)33)23-24-17(6-10-39-24)21(25(32-23)38-40(34,35)26(29,30)31)22-18(28)12-16(27)13-20(22)37-9-8-36-2/h3-7,10-13H,8-9H2,1-2H3. The van der Waals surface area contributed by atoms with E-state index < -0.39 is 50.0 Å². The third-order valence-corrected chi connectivity index (χ3v) is 7.89. The van der Waals surface area contributed by atoms with Gasteiger partial charge < -0.3 is 18.2 Å². The SMILES string of the molecule is COCCOc1cc(F)cc(F)c1-c1c(OS(=O)(=O)C(F)(F)F)nc(-c2ccc3c(ccn3C)c2)c2sccc12. The van der Waals surface area contributed by atoms with Crippen molar-refractivity contribution >= 4 is 42.4 Å². The van der Waals surface area contributed by atoms with Crippen LogP contribution in [0.2, 0.25) is 0 Å². The predicted octanol–water partition coefficient (Wildman–Crippen LogP) is 6.65. The van der Waals surface area contributed by atoms with Crippen molar-refractivity contribution in [3.63, 3.8) is 0 Å². The number of rotatable bonds is 8. The normalized spacial score (nSPS) is 12.4. The summed E-state index contributed by atoms with van der Waals surface area (Å²) < 4.78 is 111. The molecule has 0 aliphatic heterocycles. The van der Waals surface area contributed by atoms with Gasteiger partial charge in [0.05, 0.1) is 28.1 Å². The van der Waals surface area contributed by atoms with Crippen molar-refractivity contribution < 1.29 is 44.0 Å². The first kappa shape index (κ1) is 27.8. The van der Waals surface area contributed by atoms with Crippen molar-refractivity contribution in [3.8, 4) is 34.0 Å². The van der Waals surface area contributed by atoms with E-state index in [9.17, 15) is 26.0 Å². The van der Waals surface area contributed by atoms with Crippen LogP contribution < -0.4 is 8.92 Å². The Morgan fingerprint density at radius 1 is 1.02 bits per heavy atom. The fourth-order valence-electron chi connectivity index (χ4n) is 4.23. The summed E-state index contributed by atoms with van der Waals surface area (Å²) in [5.41, 5.74) is -5.36. The molecular formula is C26H19F5N2O5S2. The zero-order chi connectivity index (χ0) is 28.8. The number of hydrogen-bond donors (Lipinski definition) is 0. The van der Waals surface area contributed by atoms with E-state index in [-0.39, 0.29) is 24.3 Å². The molecule has 0 spiro atoms. The van der Waals surface area contributed by atoms with E-state index in [1.165, 1.54) is 13.2 Å². The van der Waals surface area contributed by atoms with Gasteiger partial charge in [-0.15, -0.1) is 11.3 Å². The number of alkyl halides is 3. The van der Waals surface area contributed by atoms with Crippen LogP contribution >= 0.6 is 11.3 Å². The van der Waals surface area contributed by atoms with E-state index in [2.05, 4.69) is 9.17 Å². The molecule has 40 heavy (non-hydrogen) atoms. The maximum Gasteiger partial charge on any atom is 0.534 e. The minimum absolute atomic E-state index is 0.0242. The summed E-state index contributed by atoms with van der Waals surface area (Å²) in [7, 11) is -3.03. The van der Waals surface area contributed by atoms with Crippen molar-refractivity contribution in [2.75, 3.05) is 20.3 Å². The third kappa shape index (κ3) is 4.97. The van der Waals surface area contributed by atoms with Crippen LogP contribution in [-0.4, -0.2) is 43.8 Å². The molecule has 0 aliphatic rings. The number of thiophene rings is 1. The number of hydrogen-bond acceptors (Lipinski definition) is 7. The number of benzene rings is 2. The summed E-state index contributed by atoms with van der Waals surface area (Å²) in [5.74, 6) is -3.71. The van der Waals surface area contributed by atoms with Crippen LogP contribution in [0, 0.1) is 11.6 Å². The maximum absolute atomic E-state index is 15.4. The number of fused-ring (bicyclic) bond motifs is 2. The first-order valence-electron chi connectivity index (χ1n) is 11.5. The van der Waals surface area contributed by atoms with Gasteiger partial charge in [-0.3, -0.25) is 0 Å². The number of aryl methyl sites for hydroxylation is 1. The van der Waals surface area contributed by atoms with Crippen LogP contribution in [0.15, 0.2) is 54.0 Å². The highest BCUT2D eigenvalue weighted by Gasteiger charge is 2.49. The Balaban J connectivity index is 1.82. The predicted molar refractivity (Wildman–Crippen MR) is 140 cm³/mol. The van der Waals surface area contributed by atoms with Crippen molar-refractivity contribution in [2.45, 2.75) is 5.51 Å². The number of methoxy groups -OCH3 is 1. The van der Waals surface area contributed by atoms with Crippen molar-refractivity contribution in [2.24, 2.45) is 7.05 Å². The molecule has 2 aromatic carbocycles. The summed E-state index contributed by atoms with van der Waals surface area (Å²) in [5, 5.41) is 2.49. The molecule has 3 heterocycles. The van der Waals surface area contributed by atoms with Crippen LogP contribution in [0.25, 0.3) is 43.4 Å². The van der Waals surface area contributed by atoms with Gasteiger partial charge in [-0.2, -0.15) is 21.6 Å². The molecule has 0 amide bonds. The van der Waals surface area contributed by atoms with E-state index >= 15 is 4.39 Å². The van der Waals surface area contributed by atoms with Crippen molar-refractivity contribution in [1.82, 2.24) is 9.55 Å².